The van der Waals surface area contributed by atoms with Gasteiger partial charge in [-0.05, 0) is 29.2 Å². The molecule has 0 atom stereocenters. The zero-order valence-electron chi connectivity index (χ0n) is 16.0. The van der Waals surface area contributed by atoms with Gasteiger partial charge in [0.15, 0.2) is 17.4 Å². The Kier molecular flexibility index (Phi) is 5.68. The van der Waals surface area contributed by atoms with Gasteiger partial charge >= 0.3 is 6.36 Å². The molecule has 0 amide bonds. The van der Waals surface area contributed by atoms with E-state index in [0.717, 1.165) is 6.07 Å². The van der Waals surface area contributed by atoms with Gasteiger partial charge in [-0.25, -0.2) is 15.0 Å². The second kappa shape index (κ2) is 8.05. The Morgan fingerprint density at radius 1 is 1.10 bits per heavy atom. The molecule has 0 fully saturated rings. The standard InChI is InChI=1S/C20H17F3N4O3/c1-19(2,12-4-6-13(7-5-12)30-20(21,22)23)11-15(28)14-10-16(29)27-18(26-14)17-24-8-3-9-25-17/h3-10H,11H2,1-2H3,(H,26,27,29). The van der Waals surface area contributed by atoms with Gasteiger partial charge in [0.2, 0.25) is 0 Å². The minimum atomic E-state index is -4.78. The van der Waals surface area contributed by atoms with Crippen LogP contribution in [-0.2, 0) is 5.41 Å². The topological polar surface area (TPSA) is 97.8 Å². The van der Waals surface area contributed by atoms with Gasteiger partial charge in [-0.2, -0.15) is 0 Å². The summed E-state index contributed by atoms with van der Waals surface area (Å²) in [4.78, 5) is 39.4. The Labute approximate surface area is 169 Å². The molecule has 2 aromatic heterocycles. The van der Waals surface area contributed by atoms with E-state index in [4.69, 9.17) is 0 Å². The molecule has 0 radical (unpaired) electrons. The van der Waals surface area contributed by atoms with Crippen molar-refractivity contribution < 1.29 is 22.7 Å². The number of carbonyl (C=O) groups is 1. The molecule has 3 rings (SSSR count). The number of hydrogen-bond donors (Lipinski definition) is 1. The fourth-order valence-electron chi connectivity index (χ4n) is 2.83. The molecule has 3 aromatic rings. The van der Waals surface area contributed by atoms with Crippen LogP contribution in [0.15, 0.2) is 53.6 Å². The molecule has 0 aliphatic carbocycles. The average Bonchev–Trinajstić information content (AvgIpc) is 2.67. The molecule has 2 heterocycles. The molecule has 7 nitrogen and oxygen atoms in total. The maximum atomic E-state index is 12.8. The van der Waals surface area contributed by atoms with Crippen molar-refractivity contribution in [2.45, 2.75) is 32.0 Å². The Hall–Kier alpha value is -3.56. The molecule has 0 spiro atoms. The van der Waals surface area contributed by atoms with Crippen molar-refractivity contribution in [2.24, 2.45) is 0 Å². The average molecular weight is 418 g/mol. The largest absolute Gasteiger partial charge is 0.573 e. The van der Waals surface area contributed by atoms with Crippen molar-refractivity contribution in [3.63, 3.8) is 0 Å². The Bertz CT molecular complexity index is 1090. The Morgan fingerprint density at radius 3 is 2.33 bits per heavy atom. The molecular formula is C20H17F3N4O3. The summed E-state index contributed by atoms with van der Waals surface area (Å²) in [5.41, 5.74) is -0.683. The molecule has 0 saturated carbocycles. The summed E-state index contributed by atoms with van der Waals surface area (Å²) >= 11 is 0. The number of rotatable bonds is 6. The second-order valence-corrected chi connectivity index (χ2v) is 7.11. The first-order chi connectivity index (χ1) is 14.0. The van der Waals surface area contributed by atoms with Crippen LogP contribution in [0.25, 0.3) is 11.6 Å². The lowest BCUT2D eigenvalue weighted by Crippen LogP contribution is -2.24. The van der Waals surface area contributed by atoms with Gasteiger partial charge in [-0.1, -0.05) is 26.0 Å². The molecule has 10 heteroatoms. The summed E-state index contributed by atoms with van der Waals surface area (Å²) in [5, 5.41) is 0. The Morgan fingerprint density at radius 2 is 1.73 bits per heavy atom. The van der Waals surface area contributed by atoms with E-state index < -0.39 is 23.1 Å². The van der Waals surface area contributed by atoms with Crippen molar-refractivity contribution in [3.05, 3.63) is 70.4 Å². The number of halogens is 3. The highest BCUT2D eigenvalue weighted by Crippen LogP contribution is 2.31. The molecule has 156 valence electrons. The highest BCUT2D eigenvalue weighted by atomic mass is 19.4. The fourth-order valence-corrected chi connectivity index (χ4v) is 2.83. The second-order valence-electron chi connectivity index (χ2n) is 7.11. The number of H-pyrrole nitrogens is 1. The smallest absolute Gasteiger partial charge is 0.406 e. The molecule has 0 bridgehead atoms. The third kappa shape index (κ3) is 5.28. The van der Waals surface area contributed by atoms with Crippen LogP contribution in [0.4, 0.5) is 13.2 Å². The van der Waals surface area contributed by atoms with Crippen molar-refractivity contribution in [2.75, 3.05) is 0 Å². The summed E-state index contributed by atoms with van der Waals surface area (Å²) in [6, 6.07) is 7.98. The number of alkyl halides is 3. The van der Waals surface area contributed by atoms with Crippen molar-refractivity contribution >= 4 is 5.78 Å². The molecule has 0 unspecified atom stereocenters. The van der Waals surface area contributed by atoms with Crippen LogP contribution in [0.5, 0.6) is 5.75 Å². The van der Waals surface area contributed by atoms with Crippen LogP contribution in [0.1, 0.15) is 36.3 Å². The van der Waals surface area contributed by atoms with Gasteiger partial charge in [0.1, 0.15) is 11.4 Å². The van der Waals surface area contributed by atoms with Crippen LogP contribution < -0.4 is 10.3 Å². The van der Waals surface area contributed by atoms with Gasteiger partial charge in [0.25, 0.3) is 5.56 Å². The molecule has 1 N–H and O–H groups in total. The predicted octanol–water partition coefficient (Wildman–Crippen LogP) is 3.68. The number of aromatic amines is 1. The van der Waals surface area contributed by atoms with E-state index in [1.807, 2.05) is 0 Å². The van der Waals surface area contributed by atoms with E-state index in [2.05, 4.69) is 24.7 Å². The minimum Gasteiger partial charge on any atom is -0.406 e. The first kappa shape index (κ1) is 21.2. The lowest BCUT2D eigenvalue weighted by Gasteiger charge is -2.24. The Balaban J connectivity index is 1.81. The number of nitrogens with zero attached hydrogens (tertiary/aromatic N) is 3. The van der Waals surface area contributed by atoms with Gasteiger partial charge in [-0.15, -0.1) is 13.2 Å². The zero-order valence-corrected chi connectivity index (χ0v) is 16.0. The van der Waals surface area contributed by atoms with Crippen LogP contribution in [0.3, 0.4) is 0 Å². The highest BCUT2D eigenvalue weighted by molar-refractivity contribution is 5.95. The van der Waals surface area contributed by atoms with Crippen LogP contribution in [0, 0.1) is 0 Å². The van der Waals surface area contributed by atoms with Gasteiger partial charge < -0.3 is 9.72 Å². The first-order valence-electron chi connectivity index (χ1n) is 8.82. The third-order valence-corrected chi connectivity index (χ3v) is 4.28. The fraction of sp³-hybridized carbons (Fsp3) is 0.250. The van der Waals surface area contributed by atoms with Crippen molar-refractivity contribution in [3.8, 4) is 17.4 Å². The summed E-state index contributed by atoms with van der Waals surface area (Å²) < 4.78 is 40.8. The zero-order chi connectivity index (χ0) is 21.9. The van der Waals surface area contributed by atoms with Crippen molar-refractivity contribution in [1.82, 2.24) is 19.9 Å². The van der Waals surface area contributed by atoms with Crippen LogP contribution in [0.2, 0.25) is 0 Å². The molecular weight excluding hydrogens is 401 g/mol. The SMILES string of the molecule is CC(C)(CC(=O)c1cc(=O)[nH]c(-c2ncccn2)n1)c1ccc(OC(F)(F)F)cc1. The number of carbonyl (C=O) groups excluding carboxylic acids is 1. The highest BCUT2D eigenvalue weighted by Gasteiger charge is 2.31. The summed E-state index contributed by atoms with van der Waals surface area (Å²) in [6.45, 7) is 3.53. The van der Waals surface area contributed by atoms with E-state index in [1.54, 1.807) is 19.9 Å². The maximum absolute atomic E-state index is 12.8. The van der Waals surface area contributed by atoms with E-state index in [-0.39, 0.29) is 29.5 Å². The number of nitrogens with one attached hydrogen (secondary N) is 1. The number of ether oxygens (including phenoxy) is 1. The number of Topliss-reactive ketones (excluding diaryl/α,β-unsaturated/α-hetero) is 1. The first-order valence-corrected chi connectivity index (χ1v) is 8.82. The number of aromatic nitrogens is 4. The van der Waals surface area contributed by atoms with E-state index in [9.17, 15) is 22.8 Å². The molecule has 1 aromatic carbocycles. The molecule has 30 heavy (non-hydrogen) atoms. The summed E-state index contributed by atoms with van der Waals surface area (Å²) in [5.74, 6) is -0.516. The van der Waals surface area contributed by atoms with Gasteiger partial charge in [-0.3, -0.25) is 9.59 Å². The number of ketones is 1. The number of hydrogen-bond acceptors (Lipinski definition) is 6. The third-order valence-electron chi connectivity index (χ3n) is 4.28. The molecule has 0 aliphatic heterocycles. The minimum absolute atomic E-state index is 0.0297. The van der Waals surface area contributed by atoms with E-state index >= 15 is 0 Å². The monoisotopic (exact) mass is 418 g/mol. The van der Waals surface area contributed by atoms with E-state index in [1.165, 1.54) is 36.7 Å². The van der Waals surface area contributed by atoms with Gasteiger partial charge in [0.05, 0.1) is 0 Å². The van der Waals surface area contributed by atoms with Crippen LogP contribution >= 0.6 is 0 Å². The molecule has 0 aliphatic rings. The predicted molar refractivity (Wildman–Crippen MR) is 101 cm³/mol. The lowest BCUT2D eigenvalue weighted by atomic mass is 9.79. The quantitative estimate of drug-likeness (QED) is 0.614. The summed E-state index contributed by atoms with van der Waals surface area (Å²) in [7, 11) is 0. The lowest BCUT2D eigenvalue weighted by molar-refractivity contribution is -0.274. The summed E-state index contributed by atoms with van der Waals surface area (Å²) in [6.07, 6.45) is -1.85. The van der Waals surface area contributed by atoms with Crippen LogP contribution in [-0.4, -0.2) is 32.1 Å². The van der Waals surface area contributed by atoms with Gasteiger partial charge in [0, 0.05) is 24.9 Å². The normalized spacial score (nSPS) is 11.9. The maximum Gasteiger partial charge on any atom is 0.573 e. The van der Waals surface area contributed by atoms with Crippen molar-refractivity contribution in [1.29, 1.82) is 0 Å². The number of benzene rings is 1. The van der Waals surface area contributed by atoms with E-state index in [0.29, 0.717) is 5.56 Å². The molecule has 0 saturated heterocycles.